The van der Waals surface area contributed by atoms with Crippen molar-refractivity contribution in [2.24, 2.45) is 0 Å². The van der Waals surface area contributed by atoms with Crippen LogP contribution in [0.4, 0.5) is 13.2 Å². The number of hydrogen-bond donors (Lipinski definition) is 0. The Hall–Kier alpha value is -2.31. The van der Waals surface area contributed by atoms with Gasteiger partial charge in [-0.3, -0.25) is 0 Å². The number of esters is 1. The van der Waals surface area contributed by atoms with Gasteiger partial charge in [0.25, 0.3) is 0 Å². The van der Waals surface area contributed by atoms with Crippen LogP contribution < -0.4 is 0 Å². The number of alkyl halides is 2. The van der Waals surface area contributed by atoms with E-state index < -0.39 is 23.3 Å². The summed E-state index contributed by atoms with van der Waals surface area (Å²) in [5.74, 6) is -7.02. The number of carbonyl (C=O) groups excluding carboxylic acids is 1. The molecule has 2 aromatic rings. The first-order valence-electron chi connectivity index (χ1n) is 6.66. The average molecular weight is 312 g/mol. The molecule has 0 saturated heterocycles. The van der Waals surface area contributed by atoms with E-state index in [1.807, 2.05) is 0 Å². The van der Waals surface area contributed by atoms with Crippen molar-refractivity contribution >= 4 is 5.97 Å². The van der Waals surface area contributed by atoms with Gasteiger partial charge in [-0.15, -0.1) is 0 Å². The molecule has 0 spiro atoms. The molecule has 0 fully saturated rings. The molecule has 0 radical (unpaired) electrons. The van der Waals surface area contributed by atoms with Crippen molar-refractivity contribution < 1.29 is 22.7 Å². The molecular weight excluding hydrogens is 297 g/mol. The summed E-state index contributed by atoms with van der Waals surface area (Å²) in [5.41, 5.74) is 0.608. The maximum atomic E-state index is 14.1. The third-order valence-corrected chi connectivity index (χ3v) is 3.07. The molecule has 0 bridgehead atoms. The Labute approximate surface area is 125 Å². The van der Waals surface area contributed by atoms with Crippen molar-refractivity contribution in [1.82, 2.24) is 9.78 Å². The minimum absolute atomic E-state index is 0.215. The van der Waals surface area contributed by atoms with Crippen LogP contribution in [0.15, 0.2) is 24.3 Å². The predicted molar refractivity (Wildman–Crippen MR) is 73.5 cm³/mol. The van der Waals surface area contributed by atoms with Crippen LogP contribution in [0.3, 0.4) is 0 Å². The molecule has 0 saturated carbocycles. The normalized spacial score (nSPS) is 11.5. The zero-order valence-electron chi connectivity index (χ0n) is 12.4. The number of rotatable bonds is 4. The zero-order valence-corrected chi connectivity index (χ0v) is 12.4. The topological polar surface area (TPSA) is 44.1 Å². The maximum Gasteiger partial charge on any atom is 0.382 e. The van der Waals surface area contributed by atoms with Gasteiger partial charge >= 0.3 is 11.9 Å². The fraction of sp³-hybridized carbons (Fsp3) is 0.333. The fourth-order valence-electron chi connectivity index (χ4n) is 2.11. The van der Waals surface area contributed by atoms with Gasteiger partial charge in [-0.25, -0.2) is 13.9 Å². The highest BCUT2D eigenvalue weighted by molar-refractivity contribution is 5.79. The summed E-state index contributed by atoms with van der Waals surface area (Å²) in [6.45, 7) is 4.68. The molecule has 1 aromatic carbocycles. The molecule has 0 atom stereocenters. The molecule has 0 aliphatic heterocycles. The lowest BCUT2D eigenvalue weighted by Crippen LogP contribution is -2.29. The number of benzene rings is 1. The minimum atomic E-state index is -4.06. The number of carbonyl (C=O) groups is 1. The Balaban J connectivity index is 2.52. The molecule has 1 heterocycles. The number of ether oxygens (including phenoxy) is 1. The van der Waals surface area contributed by atoms with Crippen molar-refractivity contribution in [3.63, 3.8) is 0 Å². The Morgan fingerprint density at radius 3 is 2.55 bits per heavy atom. The van der Waals surface area contributed by atoms with Crippen LogP contribution in [0.25, 0.3) is 5.69 Å². The van der Waals surface area contributed by atoms with E-state index in [4.69, 9.17) is 0 Å². The largest absolute Gasteiger partial charge is 0.461 e. The van der Waals surface area contributed by atoms with Gasteiger partial charge in [-0.1, -0.05) is 0 Å². The Kier molecular flexibility index (Phi) is 4.25. The molecule has 0 N–H and O–H groups in total. The quantitative estimate of drug-likeness (QED) is 0.814. The number of aromatic nitrogens is 2. The summed E-state index contributed by atoms with van der Waals surface area (Å²) in [6, 6.07) is 4.87. The minimum Gasteiger partial charge on any atom is -0.461 e. The number of hydrogen-bond acceptors (Lipinski definition) is 3. The van der Waals surface area contributed by atoms with Crippen molar-refractivity contribution in [3.05, 3.63) is 47.0 Å². The second-order valence-corrected chi connectivity index (χ2v) is 4.80. The predicted octanol–water partition coefficient (Wildman–Crippen LogP) is 3.28. The van der Waals surface area contributed by atoms with Gasteiger partial charge in [0, 0.05) is 5.69 Å². The highest BCUT2D eigenvalue weighted by atomic mass is 19.3. The second-order valence-electron chi connectivity index (χ2n) is 4.80. The van der Waals surface area contributed by atoms with Crippen LogP contribution in [0.1, 0.15) is 23.9 Å². The van der Waals surface area contributed by atoms with E-state index in [2.05, 4.69) is 9.84 Å². The van der Waals surface area contributed by atoms with E-state index in [0.29, 0.717) is 11.4 Å². The van der Waals surface area contributed by atoms with Gasteiger partial charge < -0.3 is 4.74 Å². The average Bonchev–Trinajstić information content (AvgIpc) is 2.78. The van der Waals surface area contributed by atoms with E-state index in [1.54, 1.807) is 19.9 Å². The van der Waals surface area contributed by atoms with Crippen molar-refractivity contribution in [3.8, 4) is 5.69 Å². The molecule has 0 aliphatic rings. The smallest absolute Gasteiger partial charge is 0.382 e. The summed E-state index contributed by atoms with van der Waals surface area (Å²) in [7, 11) is 0. The number of aryl methyl sites for hydroxylation is 2. The molecule has 118 valence electrons. The summed E-state index contributed by atoms with van der Waals surface area (Å²) >= 11 is 0. The van der Waals surface area contributed by atoms with Crippen molar-refractivity contribution in [2.45, 2.75) is 26.7 Å². The van der Waals surface area contributed by atoms with Gasteiger partial charge in [-0.05, 0) is 45.0 Å². The molecule has 2 rings (SSSR count). The summed E-state index contributed by atoms with van der Waals surface area (Å²) in [6.07, 6.45) is 0. The number of halogens is 3. The van der Waals surface area contributed by atoms with Gasteiger partial charge in [0.05, 0.1) is 23.6 Å². The van der Waals surface area contributed by atoms with Crippen LogP contribution in [-0.4, -0.2) is 22.4 Å². The van der Waals surface area contributed by atoms with Gasteiger partial charge in [0.1, 0.15) is 5.82 Å². The standard InChI is InChI=1S/C15H15F3N2O2/c1-4-22-14(21)15(17,18)12-8-11(5-6-13(12)16)20-10(3)7-9(2)19-20/h5-8H,4H2,1-3H3. The third kappa shape index (κ3) is 2.84. The first-order valence-corrected chi connectivity index (χ1v) is 6.66. The van der Waals surface area contributed by atoms with E-state index in [1.165, 1.54) is 17.7 Å². The molecule has 4 nitrogen and oxygen atoms in total. The van der Waals surface area contributed by atoms with Crippen molar-refractivity contribution in [1.29, 1.82) is 0 Å². The molecular formula is C15H15F3N2O2. The second kappa shape index (κ2) is 5.82. The maximum absolute atomic E-state index is 14.1. The lowest BCUT2D eigenvalue weighted by atomic mass is 10.1. The van der Waals surface area contributed by atoms with Crippen LogP contribution in [0.2, 0.25) is 0 Å². The molecule has 22 heavy (non-hydrogen) atoms. The van der Waals surface area contributed by atoms with Crippen LogP contribution in [-0.2, 0) is 15.5 Å². The van der Waals surface area contributed by atoms with E-state index in [9.17, 15) is 18.0 Å². The summed E-state index contributed by atoms with van der Waals surface area (Å²) < 4.78 is 47.6. The molecule has 0 amide bonds. The van der Waals surface area contributed by atoms with Crippen LogP contribution >= 0.6 is 0 Å². The molecule has 7 heteroatoms. The van der Waals surface area contributed by atoms with Crippen molar-refractivity contribution in [2.75, 3.05) is 6.61 Å². The Morgan fingerprint density at radius 1 is 1.32 bits per heavy atom. The third-order valence-electron chi connectivity index (χ3n) is 3.07. The lowest BCUT2D eigenvalue weighted by molar-refractivity contribution is -0.173. The van der Waals surface area contributed by atoms with Crippen LogP contribution in [0.5, 0.6) is 0 Å². The number of nitrogens with zero attached hydrogens (tertiary/aromatic N) is 2. The fourth-order valence-corrected chi connectivity index (χ4v) is 2.11. The SMILES string of the molecule is CCOC(=O)C(F)(F)c1cc(-n2nc(C)cc2C)ccc1F. The van der Waals surface area contributed by atoms with Gasteiger partial charge in [0.15, 0.2) is 0 Å². The lowest BCUT2D eigenvalue weighted by Gasteiger charge is -2.17. The highest BCUT2D eigenvalue weighted by Crippen LogP contribution is 2.33. The van der Waals surface area contributed by atoms with Gasteiger partial charge in [0.2, 0.25) is 0 Å². The van der Waals surface area contributed by atoms with E-state index >= 15 is 0 Å². The zero-order chi connectivity index (χ0) is 16.5. The highest BCUT2D eigenvalue weighted by Gasteiger charge is 2.45. The Bertz CT molecular complexity index is 711. The summed E-state index contributed by atoms with van der Waals surface area (Å²) in [4.78, 5) is 11.4. The van der Waals surface area contributed by atoms with Crippen LogP contribution in [0, 0.1) is 19.7 Å². The Morgan fingerprint density at radius 2 is 2.00 bits per heavy atom. The first kappa shape index (κ1) is 16.1. The summed E-state index contributed by atoms with van der Waals surface area (Å²) in [5, 5.41) is 4.15. The molecule has 1 aromatic heterocycles. The monoisotopic (exact) mass is 312 g/mol. The molecule has 0 unspecified atom stereocenters. The van der Waals surface area contributed by atoms with E-state index in [0.717, 1.165) is 12.1 Å². The van der Waals surface area contributed by atoms with Gasteiger partial charge in [-0.2, -0.15) is 13.9 Å². The molecule has 0 aliphatic carbocycles. The van der Waals surface area contributed by atoms with E-state index in [-0.39, 0.29) is 12.3 Å². The first-order chi connectivity index (χ1) is 10.3.